The third kappa shape index (κ3) is 2.36. The third-order valence-corrected chi connectivity index (χ3v) is 3.81. The summed E-state index contributed by atoms with van der Waals surface area (Å²) in [7, 11) is 0. The highest BCUT2D eigenvalue weighted by molar-refractivity contribution is 7.17. The van der Waals surface area contributed by atoms with Gasteiger partial charge in [-0.15, -0.1) is 11.3 Å². The van der Waals surface area contributed by atoms with Gasteiger partial charge in [0.1, 0.15) is 0 Å². The monoisotopic (exact) mass is 304 g/mol. The van der Waals surface area contributed by atoms with Gasteiger partial charge in [-0.3, -0.25) is 0 Å². The van der Waals surface area contributed by atoms with Gasteiger partial charge in [0, 0.05) is 13.8 Å². The van der Waals surface area contributed by atoms with E-state index in [9.17, 15) is 9.59 Å². The van der Waals surface area contributed by atoms with Crippen molar-refractivity contribution in [2.75, 3.05) is 0 Å². The maximum absolute atomic E-state index is 12.0. The smallest absolute Gasteiger partial charge is 0.351 e. The molecule has 0 atom stereocenters. The number of esters is 2. The van der Waals surface area contributed by atoms with Gasteiger partial charge < -0.3 is 15.2 Å². The van der Waals surface area contributed by atoms with Gasteiger partial charge in [0.2, 0.25) is 0 Å². The average molecular weight is 304 g/mol. The lowest BCUT2D eigenvalue weighted by Crippen LogP contribution is -2.42. The summed E-state index contributed by atoms with van der Waals surface area (Å²) in [5, 5.41) is 1.90. The Kier molecular flexibility index (Phi) is 2.94. The van der Waals surface area contributed by atoms with Gasteiger partial charge in [0.05, 0.1) is 21.6 Å². The quantitative estimate of drug-likeness (QED) is 0.491. The molecule has 2 N–H and O–H groups in total. The number of aromatic nitrogens is 1. The standard InChI is InChI=1S/C14H12N2O4S/c1-14(2)19-12(17)10(13(18)20-14)11(15)8-3-4-9-7(16-8)5-6-21-9/h3-6H,15H2,1-2H3. The Morgan fingerprint density at radius 2 is 1.86 bits per heavy atom. The fourth-order valence-corrected chi connectivity index (χ4v) is 2.73. The largest absolute Gasteiger partial charge is 0.419 e. The Morgan fingerprint density at radius 3 is 2.52 bits per heavy atom. The summed E-state index contributed by atoms with van der Waals surface area (Å²) in [5.74, 6) is -2.90. The van der Waals surface area contributed by atoms with E-state index in [2.05, 4.69) is 4.98 Å². The van der Waals surface area contributed by atoms with Crippen molar-refractivity contribution in [2.45, 2.75) is 19.6 Å². The molecule has 0 aromatic carbocycles. The average Bonchev–Trinajstić information content (AvgIpc) is 2.82. The van der Waals surface area contributed by atoms with E-state index in [0.717, 1.165) is 10.2 Å². The first-order chi connectivity index (χ1) is 9.87. The number of hydrogen-bond donors (Lipinski definition) is 1. The summed E-state index contributed by atoms with van der Waals surface area (Å²) >= 11 is 1.54. The lowest BCUT2D eigenvalue weighted by molar-refractivity contribution is -0.222. The maximum atomic E-state index is 12.0. The van der Waals surface area contributed by atoms with Crippen molar-refractivity contribution in [3.05, 3.63) is 34.8 Å². The van der Waals surface area contributed by atoms with Gasteiger partial charge in [-0.2, -0.15) is 0 Å². The van der Waals surface area contributed by atoms with Crippen molar-refractivity contribution in [1.82, 2.24) is 4.98 Å². The van der Waals surface area contributed by atoms with Crippen LogP contribution in [-0.4, -0.2) is 22.7 Å². The highest BCUT2D eigenvalue weighted by Crippen LogP contribution is 2.27. The zero-order chi connectivity index (χ0) is 15.2. The highest BCUT2D eigenvalue weighted by Gasteiger charge is 2.40. The third-order valence-electron chi connectivity index (χ3n) is 2.94. The van der Waals surface area contributed by atoms with Crippen LogP contribution in [0.3, 0.4) is 0 Å². The predicted molar refractivity (Wildman–Crippen MR) is 77.0 cm³/mol. The van der Waals surface area contributed by atoms with E-state index in [1.54, 1.807) is 17.4 Å². The van der Waals surface area contributed by atoms with Gasteiger partial charge in [-0.05, 0) is 23.6 Å². The van der Waals surface area contributed by atoms with Crippen LogP contribution in [0.5, 0.6) is 0 Å². The first-order valence-corrected chi connectivity index (χ1v) is 7.06. The zero-order valence-electron chi connectivity index (χ0n) is 11.4. The molecule has 0 spiro atoms. The van der Waals surface area contributed by atoms with E-state index in [1.807, 2.05) is 17.5 Å². The summed E-state index contributed by atoms with van der Waals surface area (Å²) in [6.07, 6.45) is 0. The van der Waals surface area contributed by atoms with Crippen LogP contribution in [0, 0.1) is 0 Å². The number of carbonyl (C=O) groups is 2. The molecule has 0 radical (unpaired) electrons. The molecule has 108 valence electrons. The number of thiophene rings is 1. The molecule has 1 aliphatic rings. The number of hydrogen-bond acceptors (Lipinski definition) is 7. The van der Waals surface area contributed by atoms with Gasteiger partial charge in [-0.25, -0.2) is 14.6 Å². The lowest BCUT2D eigenvalue weighted by Gasteiger charge is -2.30. The minimum atomic E-state index is -1.29. The van der Waals surface area contributed by atoms with Crippen LogP contribution >= 0.6 is 11.3 Å². The van der Waals surface area contributed by atoms with Crippen LogP contribution < -0.4 is 5.73 Å². The topological polar surface area (TPSA) is 91.5 Å². The van der Waals surface area contributed by atoms with Crippen LogP contribution in [0.25, 0.3) is 15.9 Å². The van der Waals surface area contributed by atoms with Crippen LogP contribution in [-0.2, 0) is 19.1 Å². The first-order valence-electron chi connectivity index (χ1n) is 6.18. The predicted octanol–water partition coefficient (Wildman–Crippen LogP) is 1.80. The molecule has 1 fully saturated rings. The summed E-state index contributed by atoms with van der Waals surface area (Å²) in [4.78, 5) is 28.3. The number of ether oxygens (including phenoxy) is 2. The fraction of sp³-hybridized carbons (Fsp3) is 0.214. The number of fused-ring (bicyclic) bond motifs is 1. The number of pyridine rings is 1. The molecule has 0 aliphatic carbocycles. The van der Waals surface area contributed by atoms with E-state index in [4.69, 9.17) is 15.2 Å². The maximum Gasteiger partial charge on any atom is 0.351 e. The Balaban J connectivity index is 2.08. The zero-order valence-corrected chi connectivity index (χ0v) is 12.2. The molecule has 1 saturated heterocycles. The molecule has 2 aromatic heterocycles. The lowest BCUT2D eigenvalue weighted by atomic mass is 10.1. The first kappa shape index (κ1) is 13.6. The van der Waals surface area contributed by atoms with Gasteiger partial charge in [0.15, 0.2) is 5.57 Å². The second kappa shape index (κ2) is 4.56. The number of carbonyl (C=O) groups excluding carboxylic acids is 2. The molecular weight excluding hydrogens is 292 g/mol. The summed E-state index contributed by atoms with van der Waals surface area (Å²) in [6, 6.07) is 5.32. The summed E-state index contributed by atoms with van der Waals surface area (Å²) < 4.78 is 11.0. The Labute approximate surface area is 124 Å². The van der Waals surface area contributed by atoms with E-state index in [1.165, 1.54) is 13.8 Å². The van der Waals surface area contributed by atoms with Crippen molar-refractivity contribution in [3.8, 4) is 0 Å². The minimum Gasteiger partial charge on any atom is -0.419 e. The highest BCUT2D eigenvalue weighted by atomic mass is 32.1. The molecule has 0 unspecified atom stereocenters. The number of cyclic esters (lactones) is 2. The Hall–Kier alpha value is -2.41. The van der Waals surface area contributed by atoms with Gasteiger partial charge in [0.25, 0.3) is 5.79 Å². The van der Waals surface area contributed by atoms with E-state index >= 15 is 0 Å². The second-order valence-electron chi connectivity index (χ2n) is 4.97. The molecule has 3 rings (SSSR count). The van der Waals surface area contributed by atoms with Crippen molar-refractivity contribution in [2.24, 2.45) is 5.73 Å². The van der Waals surface area contributed by atoms with Gasteiger partial charge in [-0.1, -0.05) is 0 Å². The van der Waals surface area contributed by atoms with Crippen LogP contribution in [0.15, 0.2) is 29.2 Å². The summed E-state index contributed by atoms with van der Waals surface area (Å²) in [5.41, 5.74) is 6.63. The van der Waals surface area contributed by atoms with Crippen LogP contribution in [0.2, 0.25) is 0 Å². The number of rotatable bonds is 1. The minimum absolute atomic E-state index is 0.0476. The molecule has 0 amide bonds. The van der Waals surface area contributed by atoms with E-state index in [-0.39, 0.29) is 11.3 Å². The van der Waals surface area contributed by atoms with E-state index < -0.39 is 17.7 Å². The number of nitrogens with zero attached hydrogens (tertiary/aromatic N) is 1. The van der Waals surface area contributed by atoms with Crippen molar-refractivity contribution in [3.63, 3.8) is 0 Å². The molecular formula is C14H12N2O4S. The second-order valence-corrected chi connectivity index (χ2v) is 5.92. The Morgan fingerprint density at radius 1 is 1.19 bits per heavy atom. The van der Waals surface area contributed by atoms with Gasteiger partial charge >= 0.3 is 11.9 Å². The number of nitrogens with two attached hydrogens (primary N) is 1. The molecule has 0 saturated carbocycles. The fourth-order valence-electron chi connectivity index (χ4n) is 2.00. The van der Waals surface area contributed by atoms with Crippen molar-refractivity contribution in [1.29, 1.82) is 0 Å². The molecule has 6 nitrogen and oxygen atoms in total. The van der Waals surface area contributed by atoms with Crippen LogP contribution in [0.4, 0.5) is 0 Å². The molecule has 1 aliphatic heterocycles. The molecule has 2 aromatic rings. The summed E-state index contributed by atoms with van der Waals surface area (Å²) in [6.45, 7) is 2.96. The molecule has 7 heteroatoms. The van der Waals surface area contributed by atoms with Crippen LogP contribution in [0.1, 0.15) is 19.5 Å². The Bertz CT molecular complexity index is 769. The normalized spacial score (nSPS) is 17.5. The molecule has 0 bridgehead atoms. The molecule has 3 heterocycles. The van der Waals surface area contributed by atoms with Crippen molar-refractivity contribution >= 4 is 39.2 Å². The van der Waals surface area contributed by atoms with Crippen molar-refractivity contribution < 1.29 is 19.1 Å². The molecule has 21 heavy (non-hydrogen) atoms. The SMILES string of the molecule is CC1(C)OC(=O)C(=C(N)c2ccc3sccc3n2)C(=O)O1. The van der Waals surface area contributed by atoms with E-state index in [0.29, 0.717) is 5.69 Å².